The van der Waals surface area contributed by atoms with E-state index in [4.69, 9.17) is 10.5 Å². The molecular weight excluding hydrogens is 464 g/mol. The van der Waals surface area contributed by atoms with Gasteiger partial charge in [-0.3, -0.25) is 9.59 Å². The summed E-state index contributed by atoms with van der Waals surface area (Å²) in [5.74, 6) is -0.0107. The topological polar surface area (TPSA) is 81.4 Å². The molecule has 0 aliphatic carbocycles. The van der Waals surface area contributed by atoms with Crippen molar-refractivity contribution in [1.29, 1.82) is 0 Å². The Morgan fingerprint density at radius 2 is 1.63 bits per heavy atom. The van der Waals surface area contributed by atoms with Crippen LogP contribution in [0.15, 0.2) is 76.1 Å². The average molecular weight is 485 g/mol. The Labute approximate surface area is 188 Å². The number of nitrogens with one attached hydrogen (secondary N) is 1. The quantitative estimate of drug-likeness (QED) is 0.456. The van der Waals surface area contributed by atoms with E-state index in [0.29, 0.717) is 17.9 Å². The van der Waals surface area contributed by atoms with Gasteiger partial charge in [0.2, 0.25) is 0 Å². The van der Waals surface area contributed by atoms with E-state index in [0.717, 1.165) is 26.1 Å². The lowest BCUT2D eigenvalue weighted by atomic mass is 10.0. The molecule has 0 spiro atoms. The first-order valence-corrected chi connectivity index (χ1v) is 11.2. The van der Waals surface area contributed by atoms with Crippen LogP contribution >= 0.6 is 27.7 Å². The molecule has 0 saturated heterocycles. The minimum Gasteiger partial charge on any atom is -0.484 e. The molecule has 0 atom stereocenters. The van der Waals surface area contributed by atoms with Crippen LogP contribution in [0.2, 0.25) is 0 Å². The third-order valence-electron chi connectivity index (χ3n) is 4.38. The van der Waals surface area contributed by atoms with Gasteiger partial charge in [-0.1, -0.05) is 52.3 Å². The van der Waals surface area contributed by atoms with Crippen molar-refractivity contribution in [3.05, 3.63) is 82.3 Å². The van der Waals surface area contributed by atoms with E-state index in [1.54, 1.807) is 23.9 Å². The Hall–Kier alpha value is -2.77. The van der Waals surface area contributed by atoms with Crippen LogP contribution in [-0.2, 0) is 11.3 Å². The highest BCUT2D eigenvalue weighted by molar-refractivity contribution is 9.10. The van der Waals surface area contributed by atoms with Gasteiger partial charge in [-0.15, -0.1) is 11.8 Å². The smallest absolute Gasteiger partial charge is 0.255 e. The molecule has 5 nitrogen and oxygen atoms in total. The number of rotatable bonds is 8. The summed E-state index contributed by atoms with van der Waals surface area (Å²) in [5.41, 5.74) is 8.83. The number of halogens is 1. The molecule has 0 unspecified atom stereocenters. The summed E-state index contributed by atoms with van der Waals surface area (Å²) in [6.07, 6.45) is 1.95. The molecule has 0 fully saturated rings. The van der Waals surface area contributed by atoms with Gasteiger partial charge in [-0.25, -0.2) is 0 Å². The number of amides is 2. The number of primary amides is 1. The first-order valence-electron chi connectivity index (χ1n) is 9.18. The van der Waals surface area contributed by atoms with Crippen LogP contribution in [-0.4, -0.2) is 24.7 Å². The maximum absolute atomic E-state index is 12.5. The molecule has 0 aliphatic heterocycles. The molecule has 7 heteroatoms. The molecule has 0 aromatic heterocycles. The van der Waals surface area contributed by atoms with E-state index in [2.05, 4.69) is 21.2 Å². The van der Waals surface area contributed by atoms with Crippen LogP contribution in [0.4, 0.5) is 0 Å². The summed E-state index contributed by atoms with van der Waals surface area (Å²) in [5, 5.41) is 2.98. The fourth-order valence-corrected chi connectivity index (χ4v) is 3.98. The Morgan fingerprint density at radius 1 is 1.00 bits per heavy atom. The summed E-state index contributed by atoms with van der Waals surface area (Å²) in [6, 6.07) is 21.1. The molecule has 0 aliphatic rings. The van der Waals surface area contributed by atoms with E-state index in [1.165, 1.54) is 0 Å². The molecule has 0 saturated carbocycles. The van der Waals surface area contributed by atoms with Crippen molar-refractivity contribution in [2.75, 3.05) is 12.9 Å². The van der Waals surface area contributed by atoms with Crippen LogP contribution < -0.4 is 15.8 Å². The first-order chi connectivity index (χ1) is 14.5. The molecule has 30 heavy (non-hydrogen) atoms. The normalized spacial score (nSPS) is 10.5. The van der Waals surface area contributed by atoms with Crippen LogP contribution in [0.3, 0.4) is 0 Å². The molecule has 0 bridgehead atoms. The van der Waals surface area contributed by atoms with E-state index in [-0.39, 0.29) is 12.5 Å². The third kappa shape index (κ3) is 5.87. The molecule has 2 amide bonds. The largest absolute Gasteiger partial charge is 0.484 e. The number of carbonyl (C=O) groups excluding carboxylic acids is 2. The fourth-order valence-electron chi connectivity index (χ4n) is 2.84. The minimum atomic E-state index is -0.508. The minimum absolute atomic E-state index is 0.0949. The van der Waals surface area contributed by atoms with Crippen LogP contribution in [0.25, 0.3) is 11.1 Å². The SMILES string of the molecule is CSc1cc(Br)ccc1C(=O)NCc1ccc(-c2ccc(OCC(N)=O)cc2)cc1. The van der Waals surface area contributed by atoms with Crippen molar-refractivity contribution < 1.29 is 14.3 Å². The van der Waals surface area contributed by atoms with Crippen molar-refractivity contribution in [3.8, 4) is 16.9 Å². The van der Waals surface area contributed by atoms with Crippen LogP contribution in [0, 0.1) is 0 Å². The zero-order valence-corrected chi connectivity index (χ0v) is 18.8. The van der Waals surface area contributed by atoms with Gasteiger partial charge in [-0.05, 0) is 53.3 Å². The molecule has 0 radical (unpaired) electrons. The van der Waals surface area contributed by atoms with Gasteiger partial charge in [0.15, 0.2) is 6.61 Å². The lowest BCUT2D eigenvalue weighted by Crippen LogP contribution is -2.23. The third-order valence-corrected chi connectivity index (χ3v) is 5.65. The number of hydrogen-bond acceptors (Lipinski definition) is 4. The van der Waals surface area contributed by atoms with Gasteiger partial charge in [0.25, 0.3) is 11.8 Å². The second kappa shape index (κ2) is 10.3. The highest BCUT2D eigenvalue weighted by Gasteiger charge is 2.11. The van der Waals surface area contributed by atoms with Gasteiger partial charge in [0, 0.05) is 15.9 Å². The molecule has 3 aromatic rings. The van der Waals surface area contributed by atoms with E-state index < -0.39 is 5.91 Å². The van der Waals surface area contributed by atoms with Crippen molar-refractivity contribution in [1.82, 2.24) is 5.32 Å². The number of ether oxygens (including phenoxy) is 1. The van der Waals surface area contributed by atoms with Gasteiger partial charge in [0.1, 0.15) is 5.75 Å². The van der Waals surface area contributed by atoms with Crippen LogP contribution in [0.5, 0.6) is 5.75 Å². The molecular formula is C23H21BrN2O3S. The first kappa shape index (κ1) is 21.9. The molecule has 0 heterocycles. The number of thioether (sulfide) groups is 1. The Kier molecular flexibility index (Phi) is 7.54. The van der Waals surface area contributed by atoms with Gasteiger partial charge in [0.05, 0.1) is 5.56 Å². The second-order valence-corrected chi connectivity index (χ2v) is 8.27. The molecule has 3 N–H and O–H groups in total. The monoisotopic (exact) mass is 484 g/mol. The van der Waals surface area contributed by atoms with E-state index in [1.807, 2.05) is 60.9 Å². The predicted molar refractivity (Wildman–Crippen MR) is 124 cm³/mol. The molecule has 3 aromatic carbocycles. The summed E-state index contributed by atoms with van der Waals surface area (Å²) in [7, 11) is 0. The summed E-state index contributed by atoms with van der Waals surface area (Å²) in [6.45, 7) is 0.307. The Balaban J connectivity index is 1.61. The molecule has 154 valence electrons. The van der Waals surface area contributed by atoms with Gasteiger partial charge >= 0.3 is 0 Å². The van der Waals surface area contributed by atoms with Crippen molar-refractivity contribution in [3.63, 3.8) is 0 Å². The van der Waals surface area contributed by atoms with Crippen molar-refractivity contribution >= 4 is 39.5 Å². The highest BCUT2D eigenvalue weighted by Crippen LogP contribution is 2.25. The van der Waals surface area contributed by atoms with E-state index >= 15 is 0 Å². The Morgan fingerprint density at radius 3 is 2.23 bits per heavy atom. The predicted octanol–water partition coefficient (Wildman–Crippen LogP) is 4.63. The van der Waals surface area contributed by atoms with Crippen molar-refractivity contribution in [2.45, 2.75) is 11.4 Å². The standard InChI is InChI=1S/C23H21BrN2O3S/c1-30-21-12-18(24)8-11-20(21)23(28)26-13-15-2-4-16(5-3-15)17-6-9-19(10-7-17)29-14-22(25)27/h2-12H,13-14H2,1H3,(H2,25,27)(H,26,28). The lowest BCUT2D eigenvalue weighted by Gasteiger charge is -2.10. The number of hydrogen-bond donors (Lipinski definition) is 2. The second-order valence-electron chi connectivity index (χ2n) is 6.50. The zero-order chi connectivity index (χ0) is 21.5. The Bertz CT molecular complexity index is 1040. The summed E-state index contributed by atoms with van der Waals surface area (Å²) >= 11 is 4.98. The lowest BCUT2D eigenvalue weighted by molar-refractivity contribution is -0.119. The fraction of sp³-hybridized carbons (Fsp3) is 0.130. The molecule has 3 rings (SSSR count). The van der Waals surface area contributed by atoms with Gasteiger partial charge < -0.3 is 15.8 Å². The van der Waals surface area contributed by atoms with Crippen LogP contribution in [0.1, 0.15) is 15.9 Å². The summed E-state index contributed by atoms with van der Waals surface area (Å²) in [4.78, 5) is 24.3. The summed E-state index contributed by atoms with van der Waals surface area (Å²) < 4.78 is 6.22. The number of nitrogens with two attached hydrogens (primary N) is 1. The maximum atomic E-state index is 12.5. The van der Waals surface area contributed by atoms with Crippen molar-refractivity contribution in [2.24, 2.45) is 5.73 Å². The average Bonchev–Trinajstić information content (AvgIpc) is 2.76. The van der Waals surface area contributed by atoms with Gasteiger partial charge in [-0.2, -0.15) is 0 Å². The number of benzene rings is 3. The highest BCUT2D eigenvalue weighted by atomic mass is 79.9. The zero-order valence-electron chi connectivity index (χ0n) is 16.4. The maximum Gasteiger partial charge on any atom is 0.255 e. The number of carbonyl (C=O) groups is 2. The van der Waals surface area contributed by atoms with E-state index in [9.17, 15) is 9.59 Å².